The molecule has 0 aliphatic rings. The summed E-state index contributed by atoms with van der Waals surface area (Å²) in [7, 11) is 0. The van der Waals surface area contributed by atoms with E-state index in [4.69, 9.17) is 16.0 Å². The van der Waals surface area contributed by atoms with Crippen molar-refractivity contribution in [3.05, 3.63) is 77.2 Å². The fourth-order valence-corrected chi connectivity index (χ4v) is 2.37. The van der Waals surface area contributed by atoms with Gasteiger partial charge in [-0.05, 0) is 36.2 Å². The highest BCUT2D eigenvalue weighted by Gasteiger charge is 2.17. The number of nitrogens with one attached hydrogen (secondary N) is 1. The molecule has 0 aliphatic heterocycles. The molecule has 1 aromatic heterocycles. The lowest BCUT2D eigenvalue weighted by Crippen LogP contribution is -2.12. The van der Waals surface area contributed by atoms with Gasteiger partial charge in [0.25, 0.3) is 5.91 Å². The van der Waals surface area contributed by atoms with Crippen molar-refractivity contribution in [3.63, 3.8) is 0 Å². The molecule has 0 radical (unpaired) electrons. The van der Waals surface area contributed by atoms with Crippen LogP contribution in [0.1, 0.15) is 16.1 Å². The van der Waals surface area contributed by atoms with E-state index < -0.39 is 0 Å². The number of hydrogen-bond acceptors (Lipinski definition) is 2. The summed E-state index contributed by atoms with van der Waals surface area (Å²) in [6.45, 7) is 1.91. The normalized spacial score (nSPS) is 10.5. The Kier molecular flexibility index (Phi) is 3.98. The molecule has 4 heteroatoms. The van der Waals surface area contributed by atoms with Crippen LogP contribution in [0, 0.1) is 6.92 Å². The lowest BCUT2D eigenvalue weighted by atomic mass is 10.1. The van der Waals surface area contributed by atoms with E-state index in [1.165, 1.54) is 6.26 Å². The van der Waals surface area contributed by atoms with Crippen LogP contribution in [0.3, 0.4) is 0 Å². The number of amides is 1. The Labute approximate surface area is 133 Å². The van der Waals surface area contributed by atoms with E-state index in [9.17, 15) is 4.79 Å². The van der Waals surface area contributed by atoms with Crippen LogP contribution in [0.15, 0.2) is 65.3 Å². The van der Waals surface area contributed by atoms with Crippen LogP contribution in [-0.2, 0) is 0 Å². The van der Waals surface area contributed by atoms with E-state index in [0.717, 1.165) is 16.7 Å². The summed E-state index contributed by atoms with van der Waals surface area (Å²) in [6, 6.07) is 16.8. The van der Waals surface area contributed by atoms with Crippen molar-refractivity contribution < 1.29 is 9.21 Å². The average molecular weight is 312 g/mol. The van der Waals surface area contributed by atoms with Crippen molar-refractivity contribution in [2.45, 2.75) is 6.92 Å². The molecule has 0 aliphatic carbocycles. The summed E-state index contributed by atoms with van der Waals surface area (Å²) in [4.78, 5) is 12.4. The smallest absolute Gasteiger partial charge is 0.292 e. The monoisotopic (exact) mass is 311 g/mol. The Morgan fingerprint density at radius 3 is 2.59 bits per heavy atom. The first-order valence-corrected chi connectivity index (χ1v) is 7.23. The maximum Gasteiger partial charge on any atom is 0.292 e. The Morgan fingerprint density at radius 2 is 1.86 bits per heavy atom. The number of halogens is 1. The van der Waals surface area contributed by atoms with Gasteiger partial charge in [-0.15, -0.1) is 0 Å². The zero-order chi connectivity index (χ0) is 15.5. The van der Waals surface area contributed by atoms with Gasteiger partial charge in [0.2, 0.25) is 0 Å². The maximum atomic E-state index is 12.4. The van der Waals surface area contributed by atoms with E-state index in [2.05, 4.69) is 5.32 Å². The summed E-state index contributed by atoms with van der Waals surface area (Å²) < 4.78 is 5.36. The summed E-state index contributed by atoms with van der Waals surface area (Å²) >= 11 is 6.07. The first-order chi connectivity index (χ1) is 10.6. The second kappa shape index (κ2) is 6.08. The van der Waals surface area contributed by atoms with Crippen molar-refractivity contribution in [3.8, 4) is 11.1 Å². The summed E-state index contributed by atoms with van der Waals surface area (Å²) in [5.74, 6) is -0.0216. The molecule has 0 fully saturated rings. The number of hydrogen-bond donors (Lipinski definition) is 1. The fraction of sp³-hybridized carbons (Fsp3) is 0.0556. The molecular weight excluding hydrogens is 298 g/mol. The minimum absolute atomic E-state index is 0.280. The van der Waals surface area contributed by atoms with Crippen molar-refractivity contribution in [1.29, 1.82) is 0 Å². The summed E-state index contributed by atoms with van der Waals surface area (Å²) in [5, 5.41) is 3.42. The lowest BCUT2D eigenvalue weighted by molar-refractivity contribution is 0.0997. The van der Waals surface area contributed by atoms with Crippen molar-refractivity contribution in [2.75, 3.05) is 5.32 Å². The third-order valence-electron chi connectivity index (χ3n) is 3.39. The molecule has 3 aromatic rings. The number of furan rings is 1. The number of anilines is 1. The van der Waals surface area contributed by atoms with E-state index >= 15 is 0 Å². The van der Waals surface area contributed by atoms with Crippen LogP contribution >= 0.6 is 11.6 Å². The Bertz CT molecular complexity index is 809. The van der Waals surface area contributed by atoms with E-state index in [-0.39, 0.29) is 11.7 Å². The third kappa shape index (κ3) is 2.90. The van der Waals surface area contributed by atoms with Crippen LogP contribution in [0.4, 0.5) is 5.69 Å². The first kappa shape index (κ1) is 14.4. The number of aryl methyl sites for hydroxylation is 1. The first-order valence-electron chi connectivity index (χ1n) is 6.85. The average Bonchev–Trinajstić information content (AvgIpc) is 3.01. The third-order valence-corrected chi connectivity index (χ3v) is 3.79. The number of rotatable bonds is 3. The standard InChI is InChI=1S/C18H14ClNO2/c1-12-7-8-14(11-16(12)19)20-18(21)17-15(9-10-22-17)13-5-3-2-4-6-13/h2-11H,1H3,(H,20,21). The molecule has 1 amide bonds. The van der Waals surface area contributed by atoms with Crippen LogP contribution in [0.5, 0.6) is 0 Å². The lowest BCUT2D eigenvalue weighted by Gasteiger charge is -2.07. The molecule has 0 saturated heterocycles. The predicted octanol–water partition coefficient (Wildman–Crippen LogP) is 5.16. The van der Waals surface area contributed by atoms with Gasteiger partial charge in [-0.3, -0.25) is 4.79 Å². The van der Waals surface area contributed by atoms with Crippen molar-refractivity contribution in [2.24, 2.45) is 0 Å². The van der Waals surface area contributed by atoms with E-state index in [1.54, 1.807) is 12.1 Å². The number of carbonyl (C=O) groups excluding carboxylic acids is 1. The Hall–Kier alpha value is -2.52. The molecule has 22 heavy (non-hydrogen) atoms. The quantitative estimate of drug-likeness (QED) is 0.726. The molecule has 0 bridgehead atoms. The fourth-order valence-electron chi connectivity index (χ4n) is 2.19. The minimum Gasteiger partial charge on any atom is -0.459 e. The highest BCUT2D eigenvalue weighted by Crippen LogP contribution is 2.26. The second-order valence-corrected chi connectivity index (χ2v) is 5.35. The van der Waals surface area contributed by atoms with Crippen LogP contribution < -0.4 is 5.32 Å². The molecule has 2 aromatic carbocycles. The van der Waals surface area contributed by atoms with Gasteiger partial charge >= 0.3 is 0 Å². The number of carbonyl (C=O) groups is 1. The highest BCUT2D eigenvalue weighted by atomic mass is 35.5. The minimum atomic E-state index is -0.302. The number of benzene rings is 2. The largest absolute Gasteiger partial charge is 0.459 e. The van der Waals surface area contributed by atoms with Crippen molar-refractivity contribution >= 4 is 23.2 Å². The van der Waals surface area contributed by atoms with E-state index in [0.29, 0.717) is 10.7 Å². The molecule has 0 spiro atoms. The Balaban J connectivity index is 1.87. The second-order valence-electron chi connectivity index (χ2n) is 4.95. The van der Waals surface area contributed by atoms with E-state index in [1.807, 2.05) is 49.4 Å². The molecule has 0 atom stereocenters. The molecule has 0 unspecified atom stereocenters. The van der Waals surface area contributed by atoms with Gasteiger partial charge in [-0.1, -0.05) is 48.0 Å². The van der Waals surface area contributed by atoms with Crippen molar-refractivity contribution in [1.82, 2.24) is 0 Å². The highest BCUT2D eigenvalue weighted by molar-refractivity contribution is 6.31. The molecular formula is C18H14ClNO2. The zero-order valence-corrected chi connectivity index (χ0v) is 12.7. The van der Waals surface area contributed by atoms with Gasteiger partial charge in [0.1, 0.15) is 0 Å². The van der Waals surface area contributed by atoms with Crippen LogP contribution in [0.25, 0.3) is 11.1 Å². The zero-order valence-electron chi connectivity index (χ0n) is 12.0. The Morgan fingerprint density at radius 1 is 1.09 bits per heavy atom. The SMILES string of the molecule is Cc1ccc(NC(=O)c2occc2-c2ccccc2)cc1Cl. The molecule has 3 rings (SSSR count). The molecule has 1 N–H and O–H groups in total. The molecule has 3 nitrogen and oxygen atoms in total. The summed E-state index contributed by atoms with van der Waals surface area (Å²) in [5.41, 5.74) is 3.29. The van der Waals surface area contributed by atoms with Gasteiger partial charge < -0.3 is 9.73 Å². The van der Waals surface area contributed by atoms with Gasteiger partial charge in [0, 0.05) is 16.3 Å². The molecule has 1 heterocycles. The summed E-state index contributed by atoms with van der Waals surface area (Å²) in [6.07, 6.45) is 1.51. The van der Waals surface area contributed by atoms with Gasteiger partial charge in [-0.2, -0.15) is 0 Å². The van der Waals surface area contributed by atoms with Gasteiger partial charge in [0.05, 0.1) is 6.26 Å². The van der Waals surface area contributed by atoms with Gasteiger partial charge in [0.15, 0.2) is 5.76 Å². The maximum absolute atomic E-state index is 12.4. The van der Waals surface area contributed by atoms with Gasteiger partial charge in [-0.25, -0.2) is 0 Å². The molecule has 0 saturated carbocycles. The topological polar surface area (TPSA) is 42.2 Å². The molecule has 110 valence electrons. The van der Waals surface area contributed by atoms with Crippen LogP contribution in [-0.4, -0.2) is 5.91 Å². The van der Waals surface area contributed by atoms with Crippen LogP contribution in [0.2, 0.25) is 5.02 Å². The predicted molar refractivity (Wildman–Crippen MR) is 88.3 cm³/mol.